The van der Waals surface area contributed by atoms with E-state index in [9.17, 15) is 18.0 Å². The zero-order valence-electron chi connectivity index (χ0n) is 18.0. The molecule has 172 valence electrons. The number of amides is 1. The van der Waals surface area contributed by atoms with Crippen molar-refractivity contribution in [3.8, 4) is 5.75 Å². The summed E-state index contributed by atoms with van der Waals surface area (Å²) in [6, 6.07) is 6.07. The van der Waals surface area contributed by atoms with E-state index in [1.807, 2.05) is 0 Å². The Hall–Kier alpha value is -2.17. The van der Waals surface area contributed by atoms with Crippen molar-refractivity contribution in [1.82, 2.24) is 9.21 Å². The Balaban J connectivity index is 1.57. The van der Waals surface area contributed by atoms with Gasteiger partial charge in [-0.25, -0.2) is 8.42 Å². The van der Waals surface area contributed by atoms with Gasteiger partial charge in [0.1, 0.15) is 5.75 Å². The lowest BCUT2D eigenvalue weighted by Gasteiger charge is -2.30. The first-order valence-corrected chi connectivity index (χ1v) is 12.1. The molecule has 10 heteroatoms. The first kappa shape index (κ1) is 23.5. The van der Waals surface area contributed by atoms with E-state index in [1.165, 1.54) is 16.4 Å². The fourth-order valence-electron chi connectivity index (χ4n) is 3.73. The summed E-state index contributed by atoms with van der Waals surface area (Å²) >= 11 is 0. The lowest BCUT2D eigenvalue weighted by Crippen LogP contribution is -2.46. The van der Waals surface area contributed by atoms with Crippen LogP contribution in [0.1, 0.15) is 26.7 Å². The number of esters is 1. The lowest BCUT2D eigenvalue weighted by molar-refractivity contribution is -0.149. The molecule has 31 heavy (non-hydrogen) atoms. The summed E-state index contributed by atoms with van der Waals surface area (Å²) in [5.41, 5.74) is 0. The molecular formula is C21H30N2O7S. The third-order valence-corrected chi connectivity index (χ3v) is 7.43. The summed E-state index contributed by atoms with van der Waals surface area (Å²) in [6.07, 6.45) is 0.211. The van der Waals surface area contributed by atoms with Crippen LogP contribution in [0.2, 0.25) is 0 Å². The highest BCUT2D eigenvalue weighted by Gasteiger charge is 2.32. The first-order chi connectivity index (χ1) is 14.8. The number of benzene rings is 1. The molecule has 2 aliphatic heterocycles. The number of nitrogens with zero attached hydrogens (tertiary/aromatic N) is 2. The van der Waals surface area contributed by atoms with Crippen molar-refractivity contribution in [3.05, 3.63) is 24.3 Å². The van der Waals surface area contributed by atoms with Crippen LogP contribution in [0, 0.1) is 5.92 Å². The molecule has 9 nitrogen and oxygen atoms in total. The Morgan fingerprint density at radius 1 is 1.10 bits per heavy atom. The van der Waals surface area contributed by atoms with Gasteiger partial charge in [0.25, 0.3) is 5.91 Å². The highest BCUT2D eigenvalue weighted by molar-refractivity contribution is 7.89. The maximum absolute atomic E-state index is 12.9. The molecule has 0 saturated carbocycles. The van der Waals surface area contributed by atoms with Crippen molar-refractivity contribution >= 4 is 21.9 Å². The standard InChI is InChI=1S/C21H30N2O7S/c1-3-29-21(25)17-8-10-23(11-9-17)31(26,27)19-6-4-18(5-7-19)30-16(2)20(24)22-12-14-28-15-13-22/h4-7,16-17H,3,8-15H2,1-2H3/t16-/m0/s1. The van der Waals surface area contributed by atoms with Gasteiger partial charge in [-0.1, -0.05) is 0 Å². The topological polar surface area (TPSA) is 102 Å². The van der Waals surface area contributed by atoms with Crippen molar-refractivity contribution in [2.75, 3.05) is 46.0 Å². The van der Waals surface area contributed by atoms with Crippen LogP contribution in [0.4, 0.5) is 0 Å². The van der Waals surface area contributed by atoms with Crippen LogP contribution in [-0.2, 0) is 29.1 Å². The fourth-order valence-corrected chi connectivity index (χ4v) is 5.20. The molecule has 2 fully saturated rings. The predicted octanol–water partition coefficient (Wildman–Crippen LogP) is 1.28. The van der Waals surface area contributed by atoms with Crippen LogP contribution in [-0.4, -0.2) is 81.6 Å². The molecule has 0 aliphatic carbocycles. The van der Waals surface area contributed by atoms with Crippen molar-refractivity contribution in [2.24, 2.45) is 5.92 Å². The van der Waals surface area contributed by atoms with Gasteiger partial charge in [-0.3, -0.25) is 9.59 Å². The number of morpholine rings is 1. The minimum absolute atomic E-state index is 0.121. The van der Waals surface area contributed by atoms with Crippen LogP contribution in [0.15, 0.2) is 29.2 Å². The second-order valence-corrected chi connectivity index (χ2v) is 9.54. The van der Waals surface area contributed by atoms with Gasteiger partial charge < -0.3 is 19.1 Å². The lowest BCUT2D eigenvalue weighted by atomic mass is 9.98. The monoisotopic (exact) mass is 454 g/mol. The SMILES string of the molecule is CCOC(=O)C1CCN(S(=O)(=O)c2ccc(O[C@@H](C)C(=O)N3CCOCC3)cc2)CC1. The predicted molar refractivity (Wildman–Crippen MR) is 112 cm³/mol. The van der Waals surface area contributed by atoms with Crippen LogP contribution in [0.3, 0.4) is 0 Å². The Morgan fingerprint density at radius 2 is 1.71 bits per heavy atom. The number of ether oxygens (including phenoxy) is 3. The number of sulfonamides is 1. The molecule has 0 N–H and O–H groups in total. The molecule has 0 unspecified atom stereocenters. The van der Waals surface area contributed by atoms with E-state index < -0.39 is 16.1 Å². The summed E-state index contributed by atoms with van der Waals surface area (Å²) in [4.78, 5) is 26.2. The van der Waals surface area contributed by atoms with Gasteiger partial charge in [-0.05, 0) is 51.0 Å². The van der Waals surface area contributed by atoms with E-state index in [0.717, 1.165) is 0 Å². The van der Waals surface area contributed by atoms with Crippen molar-refractivity contribution < 1.29 is 32.2 Å². The van der Waals surface area contributed by atoms with Crippen LogP contribution in [0.25, 0.3) is 0 Å². The Bertz CT molecular complexity index is 858. The first-order valence-electron chi connectivity index (χ1n) is 10.6. The van der Waals surface area contributed by atoms with Crippen LogP contribution >= 0.6 is 0 Å². The summed E-state index contributed by atoms with van der Waals surface area (Å²) < 4.78 is 43.3. The van der Waals surface area contributed by atoms with E-state index in [0.29, 0.717) is 51.5 Å². The number of piperidine rings is 1. The van der Waals surface area contributed by atoms with Crippen molar-refractivity contribution in [2.45, 2.75) is 37.7 Å². The van der Waals surface area contributed by atoms with Gasteiger partial charge in [0, 0.05) is 26.2 Å². The zero-order chi connectivity index (χ0) is 22.4. The Kier molecular flexibility index (Phi) is 7.90. The number of hydrogen-bond acceptors (Lipinski definition) is 7. The van der Waals surface area contributed by atoms with Gasteiger partial charge >= 0.3 is 5.97 Å². The van der Waals surface area contributed by atoms with Crippen LogP contribution < -0.4 is 4.74 Å². The molecule has 0 bridgehead atoms. The summed E-state index contributed by atoms with van der Waals surface area (Å²) in [5.74, 6) is -0.215. The van der Waals surface area contributed by atoms with E-state index in [2.05, 4.69) is 0 Å². The minimum atomic E-state index is -3.67. The number of carbonyl (C=O) groups is 2. The smallest absolute Gasteiger partial charge is 0.309 e. The molecule has 0 radical (unpaired) electrons. The second kappa shape index (κ2) is 10.4. The van der Waals surface area contributed by atoms with E-state index in [-0.39, 0.29) is 35.8 Å². The molecule has 2 aliphatic rings. The summed E-state index contributed by atoms with van der Waals surface area (Å²) in [5, 5.41) is 0. The Labute approximate surface area is 183 Å². The van der Waals surface area contributed by atoms with Crippen molar-refractivity contribution in [1.29, 1.82) is 0 Å². The fraction of sp³-hybridized carbons (Fsp3) is 0.619. The molecule has 1 aromatic rings. The maximum atomic E-state index is 12.9. The maximum Gasteiger partial charge on any atom is 0.309 e. The molecular weight excluding hydrogens is 424 g/mol. The van der Waals surface area contributed by atoms with Gasteiger partial charge in [0.15, 0.2) is 6.10 Å². The third-order valence-electron chi connectivity index (χ3n) is 5.52. The highest BCUT2D eigenvalue weighted by atomic mass is 32.2. The quantitative estimate of drug-likeness (QED) is 0.572. The molecule has 0 spiro atoms. The molecule has 2 saturated heterocycles. The van der Waals surface area contributed by atoms with Gasteiger partial charge in [-0.2, -0.15) is 4.31 Å². The Morgan fingerprint density at radius 3 is 2.29 bits per heavy atom. The average molecular weight is 455 g/mol. The number of hydrogen-bond donors (Lipinski definition) is 0. The molecule has 3 rings (SSSR count). The molecule has 1 atom stereocenters. The highest BCUT2D eigenvalue weighted by Crippen LogP contribution is 2.26. The largest absolute Gasteiger partial charge is 0.481 e. The van der Waals surface area contributed by atoms with E-state index in [4.69, 9.17) is 14.2 Å². The molecule has 0 aromatic heterocycles. The molecule has 2 heterocycles. The van der Waals surface area contributed by atoms with Crippen LogP contribution in [0.5, 0.6) is 5.75 Å². The average Bonchev–Trinajstić information content (AvgIpc) is 2.79. The van der Waals surface area contributed by atoms with Gasteiger partial charge in [0.05, 0.1) is 30.6 Å². The van der Waals surface area contributed by atoms with E-state index in [1.54, 1.807) is 30.9 Å². The number of rotatable bonds is 7. The third kappa shape index (κ3) is 5.75. The van der Waals surface area contributed by atoms with Gasteiger partial charge in [-0.15, -0.1) is 0 Å². The second-order valence-electron chi connectivity index (χ2n) is 7.60. The molecule has 1 amide bonds. The number of carbonyl (C=O) groups excluding carboxylic acids is 2. The summed E-state index contributed by atoms with van der Waals surface area (Å²) in [7, 11) is -3.67. The van der Waals surface area contributed by atoms with Gasteiger partial charge in [0.2, 0.25) is 10.0 Å². The minimum Gasteiger partial charge on any atom is -0.481 e. The zero-order valence-corrected chi connectivity index (χ0v) is 18.8. The molecule has 1 aromatic carbocycles. The van der Waals surface area contributed by atoms with Crippen molar-refractivity contribution in [3.63, 3.8) is 0 Å². The summed E-state index contributed by atoms with van der Waals surface area (Å²) in [6.45, 7) is 6.41. The normalized spacial score (nSPS) is 19.6. The van der Waals surface area contributed by atoms with E-state index >= 15 is 0 Å².